The van der Waals surface area contributed by atoms with Crippen LogP contribution in [-0.2, 0) is 0 Å². The van der Waals surface area contributed by atoms with E-state index >= 15 is 0 Å². The molecular weight excluding hydrogens is 260 g/mol. The van der Waals surface area contributed by atoms with Crippen molar-refractivity contribution in [2.24, 2.45) is 0 Å². The number of aryl methyl sites for hydroxylation is 3. The number of nitrogens with zero attached hydrogens (tertiary/aromatic N) is 1. The Balaban J connectivity index is 2.20. The maximum Gasteiger partial charge on any atom is 0.255 e. The molecule has 3 nitrogen and oxygen atoms in total. The van der Waals surface area contributed by atoms with Gasteiger partial charge in [0.2, 0.25) is 0 Å². The van der Waals surface area contributed by atoms with E-state index in [0.29, 0.717) is 16.4 Å². The van der Waals surface area contributed by atoms with Crippen molar-refractivity contribution in [3.05, 3.63) is 57.9 Å². The zero-order chi connectivity index (χ0) is 14.0. The molecular formula is C15H15ClN2O. The Morgan fingerprint density at radius 1 is 1.11 bits per heavy atom. The normalized spacial score (nSPS) is 10.3. The van der Waals surface area contributed by atoms with Crippen molar-refractivity contribution >= 4 is 23.2 Å². The van der Waals surface area contributed by atoms with E-state index in [1.165, 1.54) is 5.56 Å². The summed E-state index contributed by atoms with van der Waals surface area (Å²) in [6.45, 7) is 5.85. The molecule has 0 atom stereocenters. The van der Waals surface area contributed by atoms with Gasteiger partial charge in [0, 0.05) is 5.56 Å². The number of rotatable bonds is 2. The van der Waals surface area contributed by atoms with E-state index in [4.69, 9.17) is 11.6 Å². The Kier molecular flexibility index (Phi) is 3.86. The van der Waals surface area contributed by atoms with Gasteiger partial charge in [0.05, 0.1) is 11.9 Å². The lowest BCUT2D eigenvalue weighted by molar-refractivity contribution is 0.102. The van der Waals surface area contributed by atoms with Gasteiger partial charge in [-0.1, -0.05) is 17.7 Å². The van der Waals surface area contributed by atoms with Crippen LogP contribution in [0.3, 0.4) is 0 Å². The minimum atomic E-state index is -0.147. The third-order valence-electron chi connectivity index (χ3n) is 3.04. The highest BCUT2D eigenvalue weighted by Crippen LogP contribution is 2.17. The summed E-state index contributed by atoms with van der Waals surface area (Å²) in [4.78, 5) is 16.1. The van der Waals surface area contributed by atoms with Crippen LogP contribution >= 0.6 is 11.6 Å². The Morgan fingerprint density at radius 3 is 2.47 bits per heavy atom. The van der Waals surface area contributed by atoms with E-state index in [1.54, 1.807) is 12.3 Å². The SMILES string of the molecule is Cc1ccc(C(=O)Nc2cnc(Cl)c(C)c2)cc1C. The lowest BCUT2D eigenvalue weighted by Gasteiger charge is -2.08. The summed E-state index contributed by atoms with van der Waals surface area (Å²) in [5, 5.41) is 3.26. The molecule has 0 aliphatic heterocycles. The highest BCUT2D eigenvalue weighted by molar-refractivity contribution is 6.30. The maximum atomic E-state index is 12.1. The van der Waals surface area contributed by atoms with Gasteiger partial charge in [0.15, 0.2) is 0 Å². The van der Waals surface area contributed by atoms with Crippen LogP contribution in [0.2, 0.25) is 5.15 Å². The molecule has 1 aromatic carbocycles. The zero-order valence-corrected chi connectivity index (χ0v) is 11.9. The summed E-state index contributed by atoms with van der Waals surface area (Å²) in [6.07, 6.45) is 1.55. The van der Waals surface area contributed by atoms with E-state index < -0.39 is 0 Å². The highest BCUT2D eigenvalue weighted by atomic mass is 35.5. The molecule has 1 N–H and O–H groups in total. The summed E-state index contributed by atoms with van der Waals surface area (Å²) >= 11 is 5.85. The highest BCUT2D eigenvalue weighted by Gasteiger charge is 2.08. The molecule has 19 heavy (non-hydrogen) atoms. The van der Waals surface area contributed by atoms with Crippen LogP contribution in [0.25, 0.3) is 0 Å². The molecule has 2 rings (SSSR count). The van der Waals surface area contributed by atoms with Crippen molar-refractivity contribution in [2.45, 2.75) is 20.8 Å². The number of amides is 1. The van der Waals surface area contributed by atoms with Crippen LogP contribution in [0.1, 0.15) is 27.0 Å². The van der Waals surface area contributed by atoms with Gasteiger partial charge in [0.1, 0.15) is 5.15 Å². The molecule has 0 radical (unpaired) electrons. The van der Waals surface area contributed by atoms with E-state index in [9.17, 15) is 4.79 Å². The standard InChI is InChI=1S/C15H15ClN2O/c1-9-4-5-12(6-10(9)2)15(19)18-13-7-11(3)14(16)17-8-13/h4-8H,1-3H3,(H,18,19). The predicted molar refractivity (Wildman–Crippen MR) is 77.9 cm³/mol. The minimum Gasteiger partial charge on any atom is -0.321 e. The summed E-state index contributed by atoms with van der Waals surface area (Å²) < 4.78 is 0. The molecule has 0 saturated carbocycles. The molecule has 1 aromatic heterocycles. The van der Waals surface area contributed by atoms with Gasteiger partial charge in [-0.3, -0.25) is 4.79 Å². The van der Waals surface area contributed by atoms with Gasteiger partial charge in [-0.05, 0) is 55.7 Å². The maximum absolute atomic E-state index is 12.1. The fourth-order valence-electron chi connectivity index (χ4n) is 1.71. The van der Waals surface area contributed by atoms with Crippen molar-refractivity contribution in [1.29, 1.82) is 0 Å². The van der Waals surface area contributed by atoms with Gasteiger partial charge in [-0.2, -0.15) is 0 Å². The summed E-state index contributed by atoms with van der Waals surface area (Å²) in [7, 11) is 0. The van der Waals surface area contributed by atoms with Crippen LogP contribution in [-0.4, -0.2) is 10.9 Å². The Hall–Kier alpha value is -1.87. The van der Waals surface area contributed by atoms with E-state index in [0.717, 1.165) is 11.1 Å². The number of nitrogens with one attached hydrogen (secondary N) is 1. The Bertz CT molecular complexity index is 638. The third-order valence-corrected chi connectivity index (χ3v) is 3.44. The van der Waals surface area contributed by atoms with Crippen molar-refractivity contribution in [2.75, 3.05) is 5.32 Å². The second-order valence-corrected chi connectivity index (χ2v) is 4.94. The van der Waals surface area contributed by atoms with Crippen LogP contribution < -0.4 is 5.32 Å². The number of halogens is 1. The Morgan fingerprint density at radius 2 is 1.84 bits per heavy atom. The van der Waals surface area contributed by atoms with Gasteiger partial charge in [-0.25, -0.2) is 4.98 Å². The zero-order valence-electron chi connectivity index (χ0n) is 11.1. The van der Waals surface area contributed by atoms with E-state index in [2.05, 4.69) is 10.3 Å². The van der Waals surface area contributed by atoms with Crippen molar-refractivity contribution in [3.63, 3.8) is 0 Å². The van der Waals surface area contributed by atoms with Crippen LogP contribution in [0, 0.1) is 20.8 Å². The lowest BCUT2D eigenvalue weighted by atomic mass is 10.1. The number of hydrogen-bond acceptors (Lipinski definition) is 2. The molecule has 0 unspecified atom stereocenters. The van der Waals surface area contributed by atoms with Crippen molar-refractivity contribution < 1.29 is 4.79 Å². The Labute approximate surface area is 117 Å². The summed E-state index contributed by atoms with van der Waals surface area (Å²) in [6, 6.07) is 7.43. The molecule has 0 spiro atoms. The molecule has 0 bridgehead atoms. The van der Waals surface area contributed by atoms with Crippen LogP contribution in [0.15, 0.2) is 30.5 Å². The number of hydrogen-bond donors (Lipinski definition) is 1. The largest absolute Gasteiger partial charge is 0.321 e. The first-order chi connectivity index (χ1) is 8.97. The number of benzene rings is 1. The molecule has 1 amide bonds. The van der Waals surface area contributed by atoms with Crippen LogP contribution in [0.5, 0.6) is 0 Å². The van der Waals surface area contributed by atoms with Gasteiger partial charge in [0.25, 0.3) is 5.91 Å². The number of aromatic nitrogens is 1. The molecule has 1 heterocycles. The molecule has 0 aliphatic carbocycles. The number of anilines is 1. The van der Waals surface area contributed by atoms with Crippen LogP contribution in [0.4, 0.5) is 5.69 Å². The first kappa shape index (κ1) is 13.6. The van der Waals surface area contributed by atoms with Gasteiger partial charge < -0.3 is 5.32 Å². The van der Waals surface area contributed by atoms with Crippen molar-refractivity contribution in [3.8, 4) is 0 Å². The first-order valence-electron chi connectivity index (χ1n) is 5.98. The molecule has 0 fully saturated rings. The molecule has 0 aliphatic rings. The first-order valence-corrected chi connectivity index (χ1v) is 6.36. The third kappa shape index (κ3) is 3.12. The number of carbonyl (C=O) groups excluding carboxylic acids is 1. The summed E-state index contributed by atoms with van der Waals surface area (Å²) in [5.74, 6) is -0.147. The predicted octanol–water partition coefficient (Wildman–Crippen LogP) is 3.91. The fourth-order valence-corrected chi connectivity index (χ4v) is 1.82. The second kappa shape index (κ2) is 5.41. The van der Waals surface area contributed by atoms with E-state index in [-0.39, 0.29) is 5.91 Å². The van der Waals surface area contributed by atoms with Crippen molar-refractivity contribution in [1.82, 2.24) is 4.98 Å². The topological polar surface area (TPSA) is 42.0 Å². The lowest BCUT2D eigenvalue weighted by Crippen LogP contribution is -2.12. The average molecular weight is 275 g/mol. The smallest absolute Gasteiger partial charge is 0.255 e. The molecule has 98 valence electrons. The van der Waals surface area contributed by atoms with Gasteiger partial charge >= 0.3 is 0 Å². The van der Waals surface area contributed by atoms with Gasteiger partial charge in [-0.15, -0.1) is 0 Å². The monoisotopic (exact) mass is 274 g/mol. The molecule has 2 aromatic rings. The number of carbonyl (C=O) groups is 1. The quantitative estimate of drug-likeness (QED) is 0.844. The molecule has 0 saturated heterocycles. The average Bonchev–Trinajstić information content (AvgIpc) is 2.37. The number of pyridine rings is 1. The minimum absolute atomic E-state index is 0.147. The van der Waals surface area contributed by atoms with E-state index in [1.807, 2.05) is 39.0 Å². The fraction of sp³-hybridized carbons (Fsp3) is 0.200. The second-order valence-electron chi connectivity index (χ2n) is 4.58. The molecule has 4 heteroatoms. The summed E-state index contributed by atoms with van der Waals surface area (Å²) in [5.41, 5.74) is 4.37.